The summed E-state index contributed by atoms with van der Waals surface area (Å²) in [5.74, 6) is 0.668. The molecule has 0 bridgehead atoms. The maximum Gasteiger partial charge on any atom is 0.276 e. The van der Waals surface area contributed by atoms with Crippen LogP contribution in [0.4, 0.5) is 0 Å². The van der Waals surface area contributed by atoms with E-state index >= 15 is 0 Å². The van der Waals surface area contributed by atoms with Crippen molar-refractivity contribution in [3.05, 3.63) is 46.0 Å². The molecular formula is C12H14ClN3O. The van der Waals surface area contributed by atoms with Gasteiger partial charge in [0.15, 0.2) is 5.82 Å². The first-order chi connectivity index (χ1) is 7.86. The van der Waals surface area contributed by atoms with E-state index in [1.54, 1.807) is 10.9 Å². The normalized spacial score (nSPS) is 13.9. The Morgan fingerprint density at radius 2 is 2.06 bits per heavy atom. The average molecular weight is 252 g/mol. The Kier molecular flexibility index (Phi) is 3.33. The molecule has 1 aliphatic carbocycles. The summed E-state index contributed by atoms with van der Waals surface area (Å²) >= 11 is 0. The zero-order valence-corrected chi connectivity index (χ0v) is 10.2. The van der Waals surface area contributed by atoms with Gasteiger partial charge in [0.1, 0.15) is 0 Å². The monoisotopic (exact) mass is 251 g/mol. The topological polar surface area (TPSA) is 50.7 Å². The smallest absolute Gasteiger partial charge is 0.276 e. The summed E-state index contributed by atoms with van der Waals surface area (Å²) in [7, 11) is 0. The number of H-pyrrole nitrogens is 1. The van der Waals surface area contributed by atoms with E-state index in [4.69, 9.17) is 0 Å². The van der Waals surface area contributed by atoms with E-state index in [0.29, 0.717) is 5.82 Å². The van der Waals surface area contributed by atoms with Crippen LogP contribution in [-0.4, -0.2) is 14.8 Å². The first-order valence-corrected chi connectivity index (χ1v) is 5.60. The molecule has 3 rings (SSSR count). The van der Waals surface area contributed by atoms with Crippen LogP contribution >= 0.6 is 12.4 Å². The Labute approximate surface area is 105 Å². The predicted octanol–water partition coefficient (Wildman–Crippen LogP) is 1.86. The van der Waals surface area contributed by atoms with Crippen LogP contribution in [0.5, 0.6) is 0 Å². The van der Waals surface area contributed by atoms with Crippen LogP contribution in [0.25, 0.3) is 5.82 Å². The second kappa shape index (κ2) is 4.75. The lowest BCUT2D eigenvalue weighted by Crippen LogP contribution is -2.18. The van der Waals surface area contributed by atoms with Gasteiger partial charge in [-0.2, -0.15) is 0 Å². The third-order valence-corrected chi connectivity index (χ3v) is 3.05. The van der Waals surface area contributed by atoms with E-state index in [2.05, 4.69) is 10.1 Å². The van der Waals surface area contributed by atoms with Gasteiger partial charge in [0.05, 0.1) is 0 Å². The number of aryl methyl sites for hydroxylation is 1. The number of hydrogen-bond donors (Lipinski definition) is 1. The van der Waals surface area contributed by atoms with Crippen molar-refractivity contribution in [3.8, 4) is 5.82 Å². The first-order valence-electron chi connectivity index (χ1n) is 5.60. The van der Waals surface area contributed by atoms with Crippen LogP contribution in [0, 0.1) is 0 Å². The zero-order valence-electron chi connectivity index (χ0n) is 9.35. The van der Waals surface area contributed by atoms with Crippen LogP contribution in [0.1, 0.15) is 24.1 Å². The van der Waals surface area contributed by atoms with Crippen LogP contribution in [0.2, 0.25) is 0 Å². The molecule has 2 aromatic heterocycles. The molecule has 5 heteroatoms. The number of pyridine rings is 1. The van der Waals surface area contributed by atoms with Gasteiger partial charge in [0, 0.05) is 17.5 Å². The Balaban J connectivity index is 0.00000108. The highest BCUT2D eigenvalue weighted by molar-refractivity contribution is 5.85. The van der Waals surface area contributed by atoms with Crippen molar-refractivity contribution in [1.82, 2.24) is 14.8 Å². The van der Waals surface area contributed by atoms with Crippen molar-refractivity contribution in [2.45, 2.75) is 25.7 Å². The molecule has 0 radical (unpaired) electrons. The third-order valence-electron chi connectivity index (χ3n) is 3.05. The Morgan fingerprint density at radius 3 is 2.76 bits per heavy atom. The second-order valence-corrected chi connectivity index (χ2v) is 4.10. The molecule has 2 aromatic rings. The number of aromatic nitrogens is 3. The van der Waals surface area contributed by atoms with Gasteiger partial charge in [0.25, 0.3) is 5.56 Å². The summed E-state index contributed by atoms with van der Waals surface area (Å²) in [6.07, 6.45) is 5.84. The van der Waals surface area contributed by atoms with Crippen molar-refractivity contribution in [2.75, 3.05) is 0 Å². The quantitative estimate of drug-likeness (QED) is 0.841. The van der Waals surface area contributed by atoms with E-state index in [9.17, 15) is 4.79 Å². The fourth-order valence-electron chi connectivity index (χ4n) is 2.23. The van der Waals surface area contributed by atoms with Gasteiger partial charge in [-0.3, -0.25) is 9.89 Å². The second-order valence-electron chi connectivity index (χ2n) is 4.10. The van der Waals surface area contributed by atoms with Gasteiger partial charge in [-0.25, -0.2) is 9.67 Å². The standard InChI is InChI=1S/C12H13N3O.ClH/c16-12-9-5-1-2-6-10(9)14-15(12)11-7-3-4-8-13-11;/h3-4,7-8,14H,1-2,5-6H2;1H. The lowest BCUT2D eigenvalue weighted by atomic mass is 9.98. The molecule has 2 heterocycles. The molecular weight excluding hydrogens is 238 g/mol. The van der Waals surface area contributed by atoms with E-state index in [1.807, 2.05) is 18.2 Å². The molecule has 0 fully saturated rings. The highest BCUT2D eigenvalue weighted by atomic mass is 35.5. The minimum atomic E-state index is 0. The van der Waals surface area contributed by atoms with Crippen molar-refractivity contribution >= 4 is 12.4 Å². The summed E-state index contributed by atoms with van der Waals surface area (Å²) < 4.78 is 1.55. The summed E-state index contributed by atoms with van der Waals surface area (Å²) in [6.45, 7) is 0. The third kappa shape index (κ3) is 2.00. The van der Waals surface area contributed by atoms with Gasteiger partial charge < -0.3 is 0 Å². The molecule has 0 spiro atoms. The molecule has 0 aliphatic heterocycles. The van der Waals surface area contributed by atoms with Crippen molar-refractivity contribution < 1.29 is 0 Å². The zero-order chi connectivity index (χ0) is 11.0. The van der Waals surface area contributed by atoms with Crippen LogP contribution in [0.15, 0.2) is 29.2 Å². The summed E-state index contributed by atoms with van der Waals surface area (Å²) in [5, 5.41) is 3.16. The maximum absolute atomic E-state index is 12.1. The largest absolute Gasteiger partial charge is 0.293 e. The first kappa shape index (κ1) is 11.9. The molecule has 1 aliphatic rings. The number of aromatic amines is 1. The fraction of sp³-hybridized carbons (Fsp3) is 0.333. The molecule has 17 heavy (non-hydrogen) atoms. The lowest BCUT2D eigenvalue weighted by molar-refractivity contribution is 0.670. The van der Waals surface area contributed by atoms with Gasteiger partial charge in [-0.1, -0.05) is 6.07 Å². The minimum absolute atomic E-state index is 0. The molecule has 0 unspecified atom stereocenters. The van der Waals surface area contributed by atoms with Gasteiger partial charge in [-0.15, -0.1) is 12.4 Å². The molecule has 0 atom stereocenters. The number of nitrogens with one attached hydrogen (secondary N) is 1. The number of hydrogen-bond acceptors (Lipinski definition) is 2. The molecule has 0 saturated heterocycles. The fourth-order valence-corrected chi connectivity index (χ4v) is 2.23. The molecule has 0 aromatic carbocycles. The predicted molar refractivity (Wildman–Crippen MR) is 68.1 cm³/mol. The van der Waals surface area contributed by atoms with Crippen LogP contribution < -0.4 is 5.56 Å². The summed E-state index contributed by atoms with van der Waals surface area (Å²) in [6, 6.07) is 5.56. The molecule has 0 saturated carbocycles. The van der Waals surface area contributed by atoms with Gasteiger partial charge in [0.2, 0.25) is 0 Å². The molecule has 4 nitrogen and oxygen atoms in total. The average Bonchev–Trinajstić information content (AvgIpc) is 2.69. The number of nitrogens with zero attached hydrogens (tertiary/aromatic N) is 2. The maximum atomic E-state index is 12.1. The van der Waals surface area contributed by atoms with Crippen LogP contribution in [-0.2, 0) is 12.8 Å². The van der Waals surface area contributed by atoms with E-state index in [0.717, 1.165) is 36.9 Å². The molecule has 0 amide bonds. The number of rotatable bonds is 1. The highest BCUT2D eigenvalue weighted by Crippen LogP contribution is 2.16. The van der Waals surface area contributed by atoms with Crippen molar-refractivity contribution in [1.29, 1.82) is 0 Å². The summed E-state index contributed by atoms with van der Waals surface area (Å²) in [4.78, 5) is 16.3. The summed E-state index contributed by atoms with van der Waals surface area (Å²) in [5.41, 5.74) is 2.09. The van der Waals surface area contributed by atoms with E-state index in [1.165, 1.54) is 0 Å². The van der Waals surface area contributed by atoms with Gasteiger partial charge >= 0.3 is 0 Å². The minimum Gasteiger partial charge on any atom is -0.293 e. The molecule has 90 valence electrons. The highest BCUT2D eigenvalue weighted by Gasteiger charge is 2.18. The van der Waals surface area contributed by atoms with Crippen molar-refractivity contribution in [3.63, 3.8) is 0 Å². The van der Waals surface area contributed by atoms with Gasteiger partial charge in [-0.05, 0) is 37.8 Å². The number of halogens is 1. The Morgan fingerprint density at radius 1 is 1.24 bits per heavy atom. The van der Waals surface area contributed by atoms with E-state index in [-0.39, 0.29) is 18.0 Å². The Bertz CT molecular complexity index is 559. The van der Waals surface area contributed by atoms with Crippen LogP contribution in [0.3, 0.4) is 0 Å². The lowest BCUT2D eigenvalue weighted by Gasteiger charge is -2.07. The Hall–Kier alpha value is -1.55. The number of fused-ring (bicyclic) bond motifs is 1. The molecule has 1 N–H and O–H groups in total. The van der Waals surface area contributed by atoms with Crippen molar-refractivity contribution in [2.24, 2.45) is 0 Å². The SMILES string of the molecule is Cl.O=c1c2c([nH]n1-c1ccccn1)CCCC2. The van der Waals surface area contributed by atoms with E-state index < -0.39 is 0 Å².